The fourth-order valence-corrected chi connectivity index (χ4v) is 5.00. The van der Waals surface area contributed by atoms with E-state index in [4.69, 9.17) is 11.6 Å². The van der Waals surface area contributed by atoms with Gasteiger partial charge in [-0.15, -0.1) is 0 Å². The highest BCUT2D eigenvalue weighted by Crippen LogP contribution is 2.38. The van der Waals surface area contributed by atoms with Crippen LogP contribution in [0.2, 0.25) is 5.02 Å². The molecule has 0 saturated carbocycles. The molecule has 0 bridgehead atoms. The lowest BCUT2D eigenvalue weighted by Crippen LogP contribution is -2.33. The van der Waals surface area contributed by atoms with Crippen molar-refractivity contribution in [1.82, 2.24) is 13.9 Å². The molecule has 0 spiro atoms. The summed E-state index contributed by atoms with van der Waals surface area (Å²) < 4.78 is 73.2. The second kappa shape index (κ2) is 8.26. The van der Waals surface area contributed by atoms with Crippen LogP contribution < -0.4 is 15.6 Å². The fraction of sp³-hybridized carbons (Fsp3) is 0.263. The highest BCUT2D eigenvalue weighted by Gasteiger charge is 2.28. The molecule has 2 N–H and O–H groups in total. The smallest absolute Gasteiger partial charge is 0.301 e. The number of halogens is 4. The summed E-state index contributed by atoms with van der Waals surface area (Å²) in [5, 5.41) is 1.47. The maximum atomic E-state index is 15.0. The largest absolute Gasteiger partial charge is 0.349 e. The first-order valence-electron chi connectivity index (χ1n) is 9.46. The number of fused-ring (bicyclic) bond motifs is 1. The van der Waals surface area contributed by atoms with Gasteiger partial charge in [-0.1, -0.05) is 11.6 Å². The van der Waals surface area contributed by atoms with Crippen molar-refractivity contribution < 1.29 is 21.6 Å². The summed E-state index contributed by atoms with van der Waals surface area (Å²) in [4.78, 5) is 16.2. The Balaban J connectivity index is 1.77. The van der Waals surface area contributed by atoms with Crippen LogP contribution in [0.4, 0.5) is 30.2 Å². The molecule has 1 saturated heterocycles. The Kier molecular flexibility index (Phi) is 5.77. The minimum absolute atomic E-state index is 0.0704. The van der Waals surface area contributed by atoms with E-state index in [1.165, 1.54) is 25.5 Å². The molecule has 1 aliphatic rings. The maximum Gasteiger partial charge on any atom is 0.301 e. The average Bonchev–Trinajstić information content (AvgIpc) is 3.29. The van der Waals surface area contributed by atoms with E-state index in [0.29, 0.717) is 18.9 Å². The van der Waals surface area contributed by atoms with Crippen molar-refractivity contribution in [2.75, 3.05) is 23.1 Å². The van der Waals surface area contributed by atoms with Crippen molar-refractivity contribution in [3.63, 3.8) is 0 Å². The Morgan fingerprint density at radius 2 is 1.78 bits per heavy atom. The van der Waals surface area contributed by atoms with Crippen LogP contribution in [-0.2, 0) is 17.3 Å². The molecule has 13 heteroatoms. The molecule has 0 atom stereocenters. The molecule has 1 aliphatic heterocycles. The van der Waals surface area contributed by atoms with E-state index < -0.39 is 49.6 Å². The Bertz CT molecular complexity index is 1390. The number of hydrogen-bond donors (Lipinski definition) is 2. The van der Waals surface area contributed by atoms with Crippen LogP contribution in [0.25, 0.3) is 10.9 Å². The molecule has 1 aromatic heterocycles. The molecule has 0 amide bonds. The minimum atomic E-state index is -4.05. The van der Waals surface area contributed by atoms with Gasteiger partial charge in [0.05, 0.1) is 33.9 Å². The first-order chi connectivity index (χ1) is 15.1. The number of aromatic nitrogens is 2. The SMILES string of the molecule is Cn1cnc2ccc(Nc3c(F)c(F)cc(NS(=O)(=O)N4CCCC4)c3Cl)c(F)c2c1=O. The summed E-state index contributed by atoms with van der Waals surface area (Å²) >= 11 is 6.16. The summed E-state index contributed by atoms with van der Waals surface area (Å²) in [5.74, 6) is -3.90. The monoisotopic (exact) mass is 487 g/mol. The first kappa shape index (κ1) is 22.4. The van der Waals surface area contributed by atoms with E-state index in [2.05, 4.69) is 15.0 Å². The van der Waals surface area contributed by atoms with Gasteiger partial charge in [-0.2, -0.15) is 12.7 Å². The van der Waals surface area contributed by atoms with Gasteiger partial charge in [0.15, 0.2) is 17.5 Å². The minimum Gasteiger partial charge on any atom is -0.349 e. The highest BCUT2D eigenvalue weighted by molar-refractivity contribution is 7.90. The molecule has 4 rings (SSSR count). The summed E-state index contributed by atoms with van der Waals surface area (Å²) in [5.41, 5.74) is -2.09. The topological polar surface area (TPSA) is 96.3 Å². The maximum absolute atomic E-state index is 15.0. The van der Waals surface area contributed by atoms with E-state index in [1.54, 1.807) is 0 Å². The zero-order valence-electron chi connectivity index (χ0n) is 16.6. The van der Waals surface area contributed by atoms with Gasteiger partial charge in [0.1, 0.15) is 5.39 Å². The van der Waals surface area contributed by atoms with E-state index in [-0.39, 0.29) is 29.7 Å². The fourth-order valence-electron chi connectivity index (χ4n) is 3.41. The summed E-state index contributed by atoms with van der Waals surface area (Å²) in [6, 6.07) is 3.11. The number of nitrogens with one attached hydrogen (secondary N) is 2. The Morgan fingerprint density at radius 3 is 2.47 bits per heavy atom. The third kappa shape index (κ3) is 3.89. The van der Waals surface area contributed by atoms with Gasteiger partial charge in [0.2, 0.25) is 0 Å². The van der Waals surface area contributed by atoms with E-state index in [1.807, 2.05) is 0 Å². The van der Waals surface area contributed by atoms with Crippen molar-refractivity contribution >= 4 is 49.8 Å². The van der Waals surface area contributed by atoms with Gasteiger partial charge in [0, 0.05) is 26.2 Å². The van der Waals surface area contributed by atoms with Crippen LogP contribution in [0.3, 0.4) is 0 Å². The zero-order valence-corrected chi connectivity index (χ0v) is 18.2. The van der Waals surface area contributed by atoms with Gasteiger partial charge in [0.25, 0.3) is 5.56 Å². The zero-order chi connectivity index (χ0) is 23.2. The molecule has 32 heavy (non-hydrogen) atoms. The van der Waals surface area contributed by atoms with Crippen molar-refractivity contribution in [2.24, 2.45) is 7.05 Å². The Hall–Kier alpha value is -2.83. The first-order valence-corrected chi connectivity index (χ1v) is 11.3. The Labute approximate surface area is 185 Å². The van der Waals surface area contributed by atoms with Crippen LogP contribution in [0.15, 0.2) is 29.3 Å². The lowest BCUT2D eigenvalue weighted by molar-refractivity contribution is 0.482. The number of anilines is 3. The molecular weight excluding hydrogens is 471 g/mol. The van der Waals surface area contributed by atoms with E-state index >= 15 is 4.39 Å². The van der Waals surface area contributed by atoms with Gasteiger partial charge in [-0.3, -0.25) is 9.52 Å². The summed E-state index contributed by atoms with van der Waals surface area (Å²) in [6.07, 6.45) is 2.57. The van der Waals surface area contributed by atoms with Gasteiger partial charge in [-0.25, -0.2) is 18.2 Å². The van der Waals surface area contributed by atoms with Gasteiger partial charge < -0.3 is 9.88 Å². The third-order valence-electron chi connectivity index (χ3n) is 5.08. The molecule has 0 unspecified atom stereocenters. The van der Waals surface area contributed by atoms with Crippen LogP contribution in [0.1, 0.15) is 12.8 Å². The summed E-state index contributed by atoms with van der Waals surface area (Å²) in [7, 11) is -2.66. The van der Waals surface area contributed by atoms with E-state index in [0.717, 1.165) is 8.87 Å². The second-order valence-electron chi connectivity index (χ2n) is 7.23. The quantitative estimate of drug-likeness (QED) is 0.537. The lowest BCUT2D eigenvalue weighted by Gasteiger charge is -2.19. The average molecular weight is 488 g/mol. The van der Waals surface area contributed by atoms with Gasteiger partial charge >= 0.3 is 10.2 Å². The van der Waals surface area contributed by atoms with Crippen molar-refractivity contribution in [1.29, 1.82) is 0 Å². The highest BCUT2D eigenvalue weighted by atomic mass is 35.5. The Morgan fingerprint density at radius 1 is 1.09 bits per heavy atom. The molecule has 2 aromatic carbocycles. The molecule has 170 valence electrons. The van der Waals surface area contributed by atoms with Crippen molar-refractivity contribution in [3.05, 3.63) is 57.4 Å². The van der Waals surface area contributed by atoms with Crippen LogP contribution >= 0.6 is 11.6 Å². The van der Waals surface area contributed by atoms with Crippen LogP contribution in [0, 0.1) is 17.5 Å². The van der Waals surface area contributed by atoms with Crippen molar-refractivity contribution in [2.45, 2.75) is 12.8 Å². The van der Waals surface area contributed by atoms with Crippen molar-refractivity contribution in [3.8, 4) is 0 Å². The van der Waals surface area contributed by atoms with Crippen LogP contribution in [0.5, 0.6) is 0 Å². The molecule has 0 radical (unpaired) electrons. The number of nitrogens with zero attached hydrogens (tertiary/aromatic N) is 3. The van der Waals surface area contributed by atoms with Gasteiger partial charge in [-0.05, 0) is 25.0 Å². The number of aryl methyl sites for hydroxylation is 1. The van der Waals surface area contributed by atoms with E-state index in [9.17, 15) is 22.0 Å². The lowest BCUT2D eigenvalue weighted by atomic mass is 10.2. The normalized spacial score (nSPS) is 14.8. The standard InChI is InChI=1S/C19H17ClF3N5O3S/c1-27-9-24-11-4-5-12(17(23)14(11)19(27)29)25-18-15(20)13(8-10(21)16(18)22)26-32(30,31)28-6-2-3-7-28/h4-5,8-9,25-26H,2-3,6-7H2,1H3. The molecule has 0 aliphatic carbocycles. The second-order valence-corrected chi connectivity index (χ2v) is 9.28. The predicted octanol–water partition coefficient (Wildman–Crippen LogP) is 3.50. The van der Waals surface area contributed by atoms with Crippen LogP contribution in [-0.4, -0.2) is 35.4 Å². The number of benzene rings is 2. The third-order valence-corrected chi connectivity index (χ3v) is 7.00. The molecule has 3 aromatic rings. The number of rotatable bonds is 5. The number of hydrogen-bond acceptors (Lipinski definition) is 5. The molecule has 2 heterocycles. The molecular formula is C19H17ClF3N5O3S. The predicted molar refractivity (Wildman–Crippen MR) is 115 cm³/mol. The summed E-state index contributed by atoms with van der Waals surface area (Å²) in [6.45, 7) is 0.570. The molecule has 1 fully saturated rings. The molecule has 8 nitrogen and oxygen atoms in total.